The Balaban J connectivity index is 1.63. The molecule has 0 fully saturated rings. The number of ether oxygens (including phenoxy) is 2. The van der Waals surface area contributed by atoms with Crippen LogP contribution in [0.25, 0.3) is 11.5 Å². The molecule has 2 aromatic carbocycles. The van der Waals surface area contributed by atoms with E-state index in [1.165, 1.54) is 7.11 Å². The molecule has 0 amide bonds. The fraction of sp³-hybridized carbons (Fsp3) is 0.158. The maximum absolute atomic E-state index is 12.0. The van der Waals surface area contributed by atoms with Gasteiger partial charge in [0, 0.05) is 5.56 Å². The van der Waals surface area contributed by atoms with E-state index >= 15 is 0 Å². The van der Waals surface area contributed by atoms with Crippen molar-refractivity contribution in [3.63, 3.8) is 0 Å². The van der Waals surface area contributed by atoms with Gasteiger partial charge in [-0.05, 0) is 29.8 Å². The molecule has 1 aromatic heterocycles. The average Bonchev–Trinajstić information content (AvgIpc) is 3.07. The molecule has 3 aromatic rings. The highest BCUT2D eigenvalue weighted by Gasteiger charge is 2.14. The Morgan fingerprint density at radius 1 is 1.11 bits per heavy atom. The van der Waals surface area contributed by atoms with Crippen LogP contribution in [0.1, 0.15) is 15.9 Å². The topological polar surface area (TPSA) is 101 Å². The first kappa shape index (κ1) is 18.1. The molecule has 27 heavy (non-hydrogen) atoms. The van der Waals surface area contributed by atoms with Gasteiger partial charge >= 0.3 is 17.7 Å². The van der Waals surface area contributed by atoms with E-state index in [9.17, 15) is 14.4 Å². The molecular formula is C19H16N2O6. The van der Waals surface area contributed by atoms with Crippen LogP contribution in [0.15, 0.2) is 63.8 Å². The molecule has 1 heterocycles. The summed E-state index contributed by atoms with van der Waals surface area (Å²) in [5.74, 6) is -1.77. The van der Waals surface area contributed by atoms with Gasteiger partial charge in [0.15, 0.2) is 0 Å². The zero-order valence-corrected chi connectivity index (χ0v) is 14.5. The van der Waals surface area contributed by atoms with Gasteiger partial charge in [0.1, 0.15) is 13.2 Å². The molecule has 0 spiro atoms. The van der Waals surface area contributed by atoms with E-state index in [0.717, 1.165) is 4.68 Å². The zero-order chi connectivity index (χ0) is 19.2. The van der Waals surface area contributed by atoms with Crippen LogP contribution < -0.4 is 5.76 Å². The average molecular weight is 368 g/mol. The number of carbonyl (C=O) groups is 2. The molecule has 3 rings (SSSR count). The van der Waals surface area contributed by atoms with Crippen LogP contribution >= 0.6 is 0 Å². The summed E-state index contributed by atoms with van der Waals surface area (Å²) in [6.45, 7) is -0.437. The minimum Gasteiger partial charge on any atom is -0.465 e. The van der Waals surface area contributed by atoms with Crippen LogP contribution in [0.4, 0.5) is 0 Å². The summed E-state index contributed by atoms with van der Waals surface area (Å²) in [4.78, 5) is 35.4. The van der Waals surface area contributed by atoms with E-state index in [2.05, 4.69) is 9.84 Å². The summed E-state index contributed by atoms with van der Waals surface area (Å²) in [5, 5.41) is 4.00. The maximum atomic E-state index is 12.0. The molecule has 0 bridgehead atoms. The molecule has 8 heteroatoms. The van der Waals surface area contributed by atoms with E-state index < -0.39 is 17.7 Å². The van der Waals surface area contributed by atoms with Crippen molar-refractivity contribution >= 4 is 11.9 Å². The number of esters is 2. The van der Waals surface area contributed by atoms with Crippen molar-refractivity contribution in [1.29, 1.82) is 0 Å². The molecule has 8 nitrogen and oxygen atoms in total. The van der Waals surface area contributed by atoms with Crippen molar-refractivity contribution in [3.05, 3.63) is 76.3 Å². The molecule has 0 aliphatic rings. The van der Waals surface area contributed by atoms with Crippen molar-refractivity contribution in [2.45, 2.75) is 13.2 Å². The largest absolute Gasteiger partial charge is 0.465 e. The highest BCUT2D eigenvalue weighted by molar-refractivity contribution is 5.89. The molecule has 0 saturated carbocycles. The minimum atomic E-state index is -0.751. The quantitative estimate of drug-likeness (QED) is 0.614. The van der Waals surface area contributed by atoms with Gasteiger partial charge in [0.2, 0.25) is 5.89 Å². The first-order valence-electron chi connectivity index (χ1n) is 8.03. The number of methoxy groups -OCH3 is 1. The monoisotopic (exact) mass is 368 g/mol. The van der Waals surface area contributed by atoms with Gasteiger partial charge < -0.3 is 13.9 Å². The molecule has 0 radical (unpaired) electrons. The van der Waals surface area contributed by atoms with Crippen molar-refractivity contribution < 1.29 is 23.5 Å². The second-order valence-corrected chi connectivity index (χ2v) is 5.55. The third-order valence-corrected chi connectivity index (χ3v) is 3.65. The van der Waals surface area contributed by atoms with Crippen molar-refractivity contribution in [1.82, 2.24) is 9.78 Å². The molecular weight excluding hydrogens is 352 g/mol. The van der Waals surface area contributed by atoms with Gasteiger partial charge in [-0.3, -0.25) is 4.79 Å². The Hall–Kier alpha value is -3.68. The fourth-order valence-corrected chi connectivity index (χ4v) is 2.34. The minimum absolute atomic E-state index is 0.0538. The van der Waals surface area contributed by atoms with Gasteiger partial charge in [-0.25, -0.2) is 9.59 Å². The lowest BCUT2D eigenvalue weighted by atomic mass is 10.1. The predicted octanol–water partition coefficient (Wildman–Crippen LogP) is 2.03. The number of hydrogen-bond donors (Lipinski definition) is 0. The summed E-state index contributed by atoms with van der Waals surface area (Å²) < 4.78 is 15.7. The van der Waals surface area contributed by atoms with Gasteiger partial charge in [0.25, 0.3) is 0 Å². The van der Waals surface area contributed by atoms with Crippen molar-refractivity contribution in [2.24, 2.45) is 0 Å². The molecule has 0 aliphatic heterocycles. The van der Waals surface area contributed by atoms with Crippen LogP contribution in [0.2, 0.25) is 0 Å². The van der Waals surface area contributed by atoms with Gasteiger partial charge in [-0.15, -0.1) is 5.10 Å². The fourth-order valence-electron chi connectivity index (χ4n) is 2.34. The lowest BCUT2D eigenvalue weighted by molar-refractivity contribution is -0.146. The number of hydrogen-bond acceptors (Lipinski definition) is 7. The first-order chi connectivity index (χ1) is 13.1. The third kappa shape index (κ3) is 4.49. The third-order valence-electron chi connectivity index (χ3n) is 3.65. The zero-order valence-electron chi connectivity index (χ0n) is 14.5. The number of benzene rings is 2. The number of nitrogens with zero attached hydrogens (tertiary/aromatic N) is 2. The summed E-state index contributed by atoms with van der Waals surface area (Å²) in [6, 6.07) is 15.4. The highest BCUT2D eigenvalue weighted by Crippen LogP contribution is 2.14. The molecule has 0 saturated heterocycles. The van der Waals surface area contributed by atoms with Crippen LogP contribution in [0.5, 0.6) is 0 Å². The molecule has 0 atom stereocenters. The van der Waals surface area contributed by atoms with Crippen molar-refractivity contribution in [3.8, 4) is 11.5 Å². The Morgan fingerprint density at radius 3 is 2.63 bits per heavy atom. The molecule has 0 unspecified atom stereocenters. The molecule has 0 aliphatic carbocycles. The van der Waals surface area contributed by atoms with Crippen LogP contribution in [-0.2, 0) is 27.4 Å². The van der Waals surface area contributed by atoms with Crippen LogP contribution in [-0.4, -0.2) is 28.8 Å². The lowest BCUT2D eigenvalue weighted by Crippen LogP contribution is -2.23. The second kappa shape index (κ2) is 8.13. The van der Waals surface area contributed by atoms with E-state index in [-0.39, 0.29) is 19.0 Å². The Labute approximate surface area is 153 Å². The van der Waals surface area contributed by atoms with Crippen LogP contribution in [0.3, 0.4) is 0 Å². The van der Waals surface area contributed by atoms with E-state index in [4.69, 9.17) is 9.15 Å². The smallest absolute Gasteiger partial charge is 0.437 e. The van der Waals surface area contributed by atoms with Gasteiger partial charge in [0.05, 0.1) is 12.7 Å². The summed E-state index contributed by atoms with van der Waals surface area (Å²) in [6.07, 6.45) is 0. The van der Waals surface area contributed by atoms with Gasteiger partial charge in [-0.2, -0.15) is 4.68 Å². The normalized spacial score (nSPS) is 10.4. The van der Waals surface area contributed by atoms with Gasteiger partial charge in [-0.1, -0.05) is 30.3 Å². The molecule has 0 N–H and O–H groups in total. The SMILES string of the molecule is COC(=O)c1cccc(COC(=O)Cn2nc(-c3ccccc3)oc2=O)c1. The van der Waals surface area contributed by atoms with E-state index in [1.807, 2.05) is 6.07 Å². The summed E-state index contributed by atoms with van der Waals surface area (Å²) >= 11 is 0. The Kier molecular flexibility index (Phi) is 5.46. The van der Waals surface area contributed by atoms with Crippen molar-refractivity contribution in [2.75, 3.05) is 7.11 Å². The Bertz CT molecular complexity index is 1010. The summed E-state index contributed by atoms with van der Waals surface area (Å²) in [7, 11) is 1.29. The molecule has 138 valence electrons. The highest BCUT2D eigenvalue weighted by atomic mass is 16.5. The first-order valence-corrected chi connectivity index (χ1v) is 8.03. The van der Waals surface area contributed by atoms with Crippen LogP contribution in [0, 0.1) is 0 Å². The predicted molar refractivity (Wildman–Crippen MR) is 93.8 cm³/mol. The second-order valence-electron chi connectivity index (χ2n) is 5.55. The van der Waals surface area contributed by atoms with E-state index in [1.54, 1.807) is 48.5 Å². The summed E-state index contributed by atoms with van der Waals surface area (Å²) in [5.41, 5.74) is 1.59. The maximum Gasteiger partial charge on any atom is 0.437 e. The number of rotatable bonds is 6. The standard InChI is InChI=1S/C19H16N2O6/c1-25-18(23)15-9-5-6-13(10-15)12-26-16(22)11-21-19(24)27-17(20-21)14-7-3-2-4-8-14/h2-10H,11-12H2,1H3. The van der Waals surface area contributed by atoms with E-state index in [0.29, 0.717) is 16.7 Å². The lowest BCUT2D eigenvalue weighted by Gasteiger charge is -2.06. The number of carbonyl (C=O) groups excluding carboxylic acids is 2. The number of aromatic nitrogens is 2. The Morgan fingerprint density at radius 2 is 1.89 bits per heavy atom.